The van der Waals surface area contributed by atoms with E-state index in [1.165, 1.54) is 0 Å². The van der Waals surface area contributed by atoms with Gasteiger partial charge in [-0.1, -0.05) is 30.7 Å². The van der Waals surface area contributed by atoms with E-state index < -0.39 is 0 Å². The number of para-hydroxylation sites is 1. The summed E-state index contributed by atoms with van der Waals surface area (Å²) in [6.07, 6.45) is 0.969. The number of nitrogens with zero attached hydrogens (tertiary/aromatic N) is 1. The zero-order chi connectivity index (χ0) is 11.4. The number of halogens is 1. The lowest BCUT2D eigenvalue weighted by Crippen LogP contribution is -1.96. The van der Waals surface area contributed by atoms with Crippen molar-refractivity contribution in [1.82, 2.24) is 4.98 Å². The molecule has 0 aliphatic carbocycles. The smallest absolute Gasteiger partial charge is 0.138 e. The van der Waals surface area contributed by atoms with Crippen LogP contribution in [0.15, 0.2) is 29.6 Å². The molecule has 0 spiro atoms. The molecule has 0 aliphatic heterocycles. The Morgan fingerprint density at radius 2 is 2.19 bits per heavy atom. The fourth-order valence-corrected chi connectivity index (χ4v) is 2.21. The zero-order valence-electron chi connectivity index (χ0n) is 8.94. The van der Waals surface area contributed by atoms with Crippen LogP contribution in [-0.4, -0.2) is 4.98 Å². The summed E-state index contributed by atoms with van der Waals surface area (Å²) in [5, 5.41) is 3.79. The largest absolute Gasteiger partial charge is 0.486 e. The van der Waals surface area contributed by atoms with E-state index in [4.69, 9.17) is 16.3 Å². The minimum atomic E-state index is 0.472. The highest BCUT2D eigenvalue weighted by atomic mass is 35.5. The molecule has 0 bridgehead atoms. The van der Waals surface area contributed by atoms with E-state index in [2.05, 4.69) is 11.9 Å². The highest BCUT2D eigenvalue weighted by molar-refractivity contribution is 7.09. The van der Waals surface area contributed by atoms with Crippen LogP contribution in [0.1, 0.15) is 17.6 Å². The molecule has 16 heavy (non-hydrogen) atoms. The highest BCUT2D eigenvalue weighted by Crippen LogP contribution is 2.24. The van der Waals surface area contributed by atoms with Crippen molar-refractivity contribution in [2.24, 2.45) is 0 Å². The van der Waals surface area contributed by atoms with Gasteiger partial charge in [-0.05, 0) is 18.6 Å². The number of aryl methyl sites for hydroxylation is 1. The van der Waals surface area contributed by atoms with E-state index in [1.54, 1.807) is 11.3 Å². The first-order valence-electron chi connectivity index (χ1n) is 5.10. The number of hydrogen-bond donors (Lipinski definition) is 0. The Labute approximate surface area is 104 Å². The second-order valence-electron chi connectivity index (χ2n) is 3.31. The highest BCUT2D eigenvalue weighted by Gasteiger charge is 2.03. The topological polar surface area (TPSA) is 22.1 Å². The molecule has 1 aromatic heterocycles. The molecule has 2 aromatic rings. The van der Waals surface area contributed by atoms with Crippen molar-refractivity contribution < 1.29 is 4.74 Å². The molecular weight excluding hydrogens is 242 g/mol. The Hall–Kier alpha value is -1.06. The van der Waals surface area contributed by atoms with Crippen molar-refractivity contribution in [2.45, 2.75) is 20.0 Å². The first-order valence-corrected chi connectivity index (χ1v) is 6.36. The van der Waals surface area contributed by atoms with Crippen molar-refractivity contribution in [2.75, 3.05) is 0 Å². The molecule has 0 fully saturated rings. The molecule has 1 aromatic carbocycles. The van der Waals surface area contributed by atoms with Gasteiger partial charge < -0.3 is 4.74 Å². The molecule has 0 radical (unpaired) electrons. The summed E-state index contributed by atoms with van der Waals surface area (Å²) in [4.78, 5) is 4.42. The summed E-state index contributed by atoms with van der Waals surface area (Å²) in [6.45, 7) is 2.57. The van der Waals surface area contributed by atoms with Crippen LogP contribution in [-0.2, 0) is 13.0 Å². The molecule has 4 heteroatoms. The average Bonchev–Trinajstić information content (AvgIpc) is 2.76. The molecule has 0 amide bonds. The molecule has 0 aliphatic rings. The van der Waals surface area contributed by atoms with Crippen LogP contribution in [0.5, 0.6) is 5.75 Å². The van der Waals surface area contributed by atoms with Gasteiger partial charge in [0.1, 0.15) is 12.4 Å². The lowest BCUT2D eigenvalue weighted by molar-refractivity contribution is 0.302. The SMILES string of the molecule is CCc1nc(COc2ccccc2Cl)cs1. The fourth-order valence-electron chi connectivity index (χ4n) is 1.29. The Morgan fingerprint density at radius 1 is 1.38 bits per heavy atom. The van der Waals surface area contributed by atoms with Crippen molar-refractivity contribution >= 4 is 22.9 Å². The molecule has 84 valence electrons. The van der Waals surface area contributed by atoms with E-state index >= 15 is 0 Å². The molecule has 2 nitrogen and oxygen atoms in total. The van der Waals surface area contributed by atoms with Crippen molar-refractivity contribution in [3.8, 4) is 5.75 Å². The van der Waals surface area contributed by atoms with Gasteiger partial charge in [-0.15, -0.1) is 11.3 Å². The van der Waals surface area contributed by atoms with Gasteiger partial charge in [0.05, 0.1) is 15.7 Å². The van der Waals surface area contributed by atoms with E-state index in [1.807, 2.05) is 29.6 Å². The van der Waals surface area contributed by atoms with Crippen LogP contribution in [0, 0.1) is 0 Å². The molecular formula is C12H12ClNOS. The summed E-state index contributed by atoms with van der Waals surface area (Å²) < 4.78 is 5.59. The first-order chi connectivity index (χ1) is 7.79. The third-order valence-corrected chi connectivity index (χ3v) is 3.47. The number of thiazole rings is 1. The molecule has 0 saturated heterocycles. The third-order valence-electron chi connectivity index (χ3n) is 2.11. The molecule has 2 rings (SSSR count). The number of benzene rings is 1. The fraction of sp³-hybridized carbons (Fsp3) is 0.250. The predicted molar refractivity (Wildman–Crippen MR) is 67.3 cm³/mol. The van der Waals surface area contributed by atoms with Gasteiger partial charge in [-0.25, -0.2) is 4.98 Å². The second kappa shape index (κ2) is 5.32. The lowest BCUT2D eigenvalue weighted by atomic mass is 10.3. The van der Waals surface area contributed by atoms with Crippen molar-refractivity contribution in [1.29, 1.82) is 0 Å². The van der Waals surface area contributed by atoms with E-state index in [9.17, 15) is 0 Å². The monoisotopic (exact) mass is 253 g/mol. The summed E-state index contributed by atoms with van der Waals surface area (Å²) >= 11 is 7.64. The Morgan fingerprint density at radius 3 is 2.88 bits per heavy atom. The van der Waals surface area contributed by atoms with Gasteiger partial charge in [0.2, 0.25) is 0 Å². The quantitative estimate of drug-likeness (QED) is 0.824. The van der Waals surface area contributed by atoms with Gasteiger partial charge in [-0.2, -0.15) is 0 Å². The number of hydrogen-bond acceptors (Lipinski definition) is 3. The Kier molecular flexibility index (Phi) is 3.80. The summed E-state index contributed by atoms with van der Waals surface area (Å²) in [5.74, 6) is 0.704. The average molecular weight is 254 g/mol. The van der Waals surface area contributed by atoms with Gasteiger partial charge in [0.25, 0.3) is 0 Å². The minimum Gasteiger partial charge on any atom is -0.486 e. The second-order valence-corrected chi connectivity index (χ2v) is 4.66. The molecule has 0 atom stereocenters. The van der Waals surface area contributed by atoms with Crippen LogP contribution in [0.2, 0.25) is 5.02 Å². The molecule has 0 unspecified atom stereocenters. The Balaban J connectivity index is 1.99. The van der Waals surface area contributed by atoms with Crippen LogP contribution in [0.3, 0.4) is 0 Å². The number of rotatable bonds is 4. The predicted octanol–water partition coefficient (Wildman–Crippen LogP) is 3.94. The van der Waals surface area contributed by atoms with E-state index in [0.717, 1.165) is 17.1 Å². The lowest BCUT2D eigenvalue weighted by Gasteiger charge is -2.05. The maximum absolute atomic E-state index is 5.98. The first kappa shape index (κ1) is 11.4. The van der Waals surface area contributed by atoms with Crippen molar-refractivity contribution in [3.05, 3.63) is 45.4 Å². The van der Waals surface area contributed by atoms with Gasteiger partial charge in [0, 0.05) is 5.38 Å². The van der Waals surface area contributed by atoms with Crippen LogP contribution in [0.4, 0.5) is 0 Å². The molecule has 0 N–H and O–H groups in total. The van der Waals surface area contributed by atoms with E-state index in [0.29, 0.717) is 17.4 Å². The number of ether oxygens (including phenoxy) is 1. The third kappa shape index (κ3) is 2.74. The van der Waals surface area contributed by atoms with Crippen LogP contribution < -0.4 is 4.74 Å². The van der Waals surface area contributed by atoms with Gasteiger partial charge in [0.15, 0.2) is 0 Å². The van der Waals surface area contributed by atoms with E-state index in [-0.39, 0.29) is 0 Å². The maximum Gasteiger partial charge on any atom is 0.138 e. The summed E-state index contributed by atoms with van der Waals surface area (Å²) in [7, 11) is 0. The summed E-state index contributed by atoms with van der Waals surface area (Å²) in [5.41, 5.74) is 0.960. The molecule has 1 heterocycles. The van der Waals surface area contributed by atoms with Crippen LogP contribution in [0.25, 0.3) is 0 Å². The van der Waals surface area contributed by atoms with Gasteiger partial charge in [-0.3, -0.25) is 0 Å². The van der Waals surface area contributed by atoms with Crippen LogP contribution >= 0.6 is 22.9 Å². The molecule has 0 saturated carbocycles. The number of aromatic nitrogens is 1. The van der Waals surface area contributed by atoms with Gasteiger partial charge >= 0.3 is 0 Å². The normalized spacial score (nSPS) is 10.4. The summed E-state index contributed by atoms with van der Waals surface area (Å²) in [6, 6.07) is 7.46. The maximum atomic E-state index is 5.98. The standard InChI is InChI=1S/C12H12ClNOS/c1-2-12-14-9(8-16-12)7-15-11-6-4-3-5-10(11)13/h3-6,8H,2,7H2,1H3. The van der Waals surface area contributed by atoms with Crippen molar-refractivity contribution in [3.63, 3.8) is 0 Å². The Bertz CT molecular complexity index is 470. The zero-order valence-corrected chi connectivity index (χ0v) is 10.5. The minimum absolute atomic E-state index is 0.472.